The van der Waals surface area contributed by atoms with E-state index in [9.17, 15) is 4.79 Å². The van der Waals surface area contributed by atoms with Crippen LogP contribution >= 0.6 is 0 Å². The van der Waals surface area contributed by atoms with Crippen LogP contribution in [0.25, 0.3) is 0 Å². The van der Waals surface area contributed by atoms with Crippen LogP contribution in [0.2, 0.25) is 0 Å². The van der Waals surface area contributed by atoms with Crippen LogP contribution in [0.1, 0.15) is 28.4 Å². The minimum absolute atomic E-state index is 0.244. The monoisotopic (exact) mass is 507 g/mol. The molecule has 1 aromatic heterocycles. The number of carbonyl (C=O) groups excluding carboxylic acids is 1. The van der Waals surface area contributed by atoms with E-state index in [2.05, 4.69) is 4.98 Å². The quantitative estimate of drug-likeness (QED) is 0.319. The molecule has 1 fully saturated rings. The third kappa shape index (κ3) is 7.44. The molecule has 4 rings (SSSR count). The molecule has 1 saturated heterocycles. The Kier molecular flexibility index (Phi) is 10.2. The predicted molar refractivity (Wildman–Crippen MR) is 136 cm³/mol. The molecular weight excluding hydrogens is 474 g/mol. The minimum atomic E-state index is -0.822. The van der Waals surface area contributed by atoms with Gasteiger partial charge >= 0.3 is 5.97 Å². The predicted octanol–water partition coefficient (Wildman–Crippen LogP) is 4.19. The highest BCUT2D eigenvalue weighted by Gasteiger charge is 2.51. The first kappa shape index (κ1) is 26.9. The maximum Gasteiger partial charge on any atom is 0.340 e. The molecule has 1 unspecified atom stereocenters. The average Bonchev–Trinajstić information content (AvgIpc) is 3.28. The van der Waals surface area contributed by atoms with Gasteiger partial charge in [-0.25, -0.2) is 4.79 Å². The molecule has 37 heavy (non-hydrogen) atoms. The second-order valence-electron chi connectivity index (χ2n) is 8.57. The minimum Gasteiger partial charge on any atom is -0.450 e. The zero-order valence-electron chi connectivity index (χ0n) is 21.1. The van der Waals surface area contributed by atoms with Crippen LogP contribution < -0.4 is 0 Å². The van der Waals surface area contributed by atoms with Crippen molar-refractivity contribution in [2.45, 2.75) is 50.8 Å². The van der Waals surface area contributed by atoms with Gasteiger partial charge in [-0.05, 0) is 30.2 Å². The molecule has 0 amide bonds. The summed E-state index contributed by atoms with van der Waals surface area (Å²) in [5.41, 5.74) is 2.40. The molecule has 1 aliphatic heterocycles. The van der Waals surface area contributed by atoms with Crippen LogP contribution in [0, 0.1) is 0 Å². The van der Waals surface area contributed by atoms with Gasteiger partial charge in [-0.2, -0.15) is 0 Å². The van der Waals surface area contributed by atoms with Crippen molar-refractivity contribution in [2.24, 2.45) is 0 Å². The van der Waals surface area contributed by atoms with Gasteiger partial charge in [-0.15, -0.1) is 0 Å². The lowest BCUT2D eigenvalue weighted by Gasteiger charge is -2.28. The smallest absolute Gasteiger partial charge is 0.340 e. The Balaban J connectivity index is 1.50. The lowest BCUT2D eigenvalue weighted by Crippen LogP contribution is -2.45. The van der Waals surface area contributed by atoms with Crippen LogP contribution in [-0.2, 0) is 41.6 Å². The Bertz CT molecular complexity index is 1070. The Morgan fingerprint density at radius 3 is 2.27 bits per heavy atom. The third-order valence-corrected chi connectivity index (χ3v) is 6.02. The number of aromatic nitrogens is 1. The summed E-state index contributed by atoms with van der Waals surface area (Å²) in [7, 11) is 1.55. The van der Waals surface area contributed by atoms with Gasteiger partial charge in [0.15, 0.2) is 12.4 Å². The molecule has 2 aromatic carbocycles. The molecule has 3 aromatic rings. The summed E-state index contributed by atoms with van der Waals surface area (Å²) in [6.45, 7) is 3.24. The lowest BCUT2D eigenvalue weighted by atomic mass is 10.1. The normalized spacial score (nSPS) is 22.0. The van der Waals surface area contributed by atoms with E-state index in [1.807, 2.05) is 67.6 Å². The summed E-state index contributed by atoms with van der Waals surface area (Å²) in [5.74, 6) is -0.531. The van der Waals surface area contributed by atoms with Crippen LogP contribution in [0.4, 0.5) is 0 Å². The van der Waals surface area contributed by atoms with E-state index in [0.717, 1.165) is 11.1 Å². The van der Waals surface area contributed by atoms with Gasteiger partial charge in [-0.3, -0.25) is 4.98 Å². The van der Waals surface area contributed by atoms with Gasteiger partial charge in [0.25, 0.3) is 0 Å². The average molecular weight is 508 g/mol. The molecule has 1 aliphatic rings. The Morgan fingerprint density at radius 2 is 1.65 bits per heavy atom. The first-order valence-corrected chi connectivity index (χ1v) is 12.4. The summed E-state index contributed by atoms with van der Waals surface area (Å²) in [6, 6.07) is 23.1. The van der Waals surface area contributed by atoms with Gasteiger partial charge < -0.3 is 28.4 Å². The van der Waals surface area contributed by atoms with Gasteiger partial charge in [0.2, 0.25) is 0 Å². The maximum atomic E-state index is 12.8. The first-order valence-electron chi connectivity index (χ1n) is 12.4. The van der Waals surface area contributed by atoms with E-state index in [0.29, 0.717) is 25.4 Å². The molecule has 0 radical (unpaired) electrons. The molecule has 0 N–H and O–H groups in total. The zero-order valence-corrected chi connectivity index (χ0v) is 21.1. The van der Waals surface area contributed by atoms with Crippen molar-refractivity contribution in [3.05, 3.63) is 102 Å². The molecule has 8 heteroatoms. The largest absolute Gasteiger partial charge is 0.450 e. The van der Waals surface area contributed by atoms with E-state index in [1.165, 1.54) is 6.20 Å². The number of hydrogen-bond donors (Lipinski definition) is 0. The summed E-state index contributed by atoms with van der Waals surface area (Å²) in [5, 5.41) is 0. The number of methoxy groups -OCH3 is 1. The van der Waals surface area contributed by atoms with Crippen LogP contribution in [0.5, 0.6) is 0 Å². The number of esters is 1. The number of benzene rings is 2. The standard InChI is InChI=1S/C29H33NO7/c1-3-34-29-27(36-28(31)23-15-10-16-30-17-23)26(32-2)25(37-29)24(35-19-22-13-8-5-9-14-22)20-33-18-21-11-6-4-7-12-21/h4-17,24-27,29H,3,18-20H2,1-2H3/t24-,25-,26+,27-,29?/m1/s1. The lowest BCUT2D eigenvalue weighted by molar-refractivity contribution is -0.189. The van der Waals surface area contributed by atoms with Crippen LogP contribution in [0.3, 0.4) is 0 Å². The highest BCUT2D eigenvalue weighted by atomic mass is 16.7. The van der Waals surface area contributed by atoms with Gasteiger partial charge in [0, 0.05) is 26.1 Å². The van der Waals surface area contributed by atoms with Gasteiger partial charge in [-0.1, -0.05) is 60.7 Å². The van der Waals surface area contributed by atoms with Crippen molar-refractivity contribution in [3.8, 4) is 0 Å². The summed E-state index contributed by atoms with van der Waals surface area (Å²) in [4.78, 5) is 16.8. The van der Waals surface area contributed by atoms with E-state index in [4.69, 9.17) is 28.4 Å². The van der Waals surface area contributed by atoms with Crippen LogP contribution in [-0.4, -0.2) is 62.0 Å². The fourth-order valence-electron chi connectivity index (χ4n) is 4.20. The van der Waals surface area contributed by atoms with E-state index >= 15 is 0 Å². The molecule has 5 atom stereocenters. The fraction of sp³-hybridized carbons (Fsp3) is 0.379. The maximum absolute atomic E-state index is 12.8. The number of pyridine rings is 1. The molecule has 0 spiro atoms. The summed E-state index contributed by atoms with van der Waals surface area (Å²) < 4.78 is 36.1. The second kappa shape index (κ2) is 14.0. The Morgan fingerprint density at radius 1 is 0.946 bits per heavy atom. The number of nitrogens with zero attached hydrogens (tertiary/aromatic N) is 1. The number of carbonyl (C=O) groups is 1. The second-order valence-corrected chi connectivity index (χ2v) is 8.57. The molecule has 2 heterocycles. The highest BCUT2D eigenvalue weighted by molar-refractivity contribution is 5.89. The van der Waals surface area contributed by atoms with Gasteiger partial charge in [0.1, 0.15) is 18.3 Å². The van der Waals surface area contributed by atoms with Crippen molar-refractivity contribution in [1.29, 1.82) is 0 Å². The van der Waals surface area contributed by atoms with Crippen molar-refractivity contribution in [3.63, 3.8) is 0 Å². The summed E-state index contributed by atoms with van der Waals surface area (Å²) >= 11 is 0. The first-order chi connectivity index (χ1) is 18.2. The van der Waals surface area contributed by atoms with Gasteiger partial charge in [0.05, 0.1) is 25.4 Å². The summed E-state index contributed by atoms with van der Waals surface area (Å²) in [6.07, 6.45) is -0.339. The van der Waals surface area contributed by atoms with E-state index < -0.39 is 36.7 Å². The third-order valence-electron chi connectivity index (χ3n) is 6.02. The highest BCUT2D eigenvalue weighted by Crippen LogP contribution is 2.31. The van der Waals surface area contributed by atoms with Crippen molar-refractivity contribution >= 4 is 5.97 Å². The SMILES string of the molecule is CCOC1O[C@H]([C@@H](COCc2ccccc2)OCc2ccccc2)[C@H](OC)[C@H]1OC(=O)c1cccnc1. The molecule has 0 bridgehead atoms. The zero-order chi connectivity index (χ0) is 25.9. The van der Waals surface area contributed by atoms with Crippen LogP contribution in [0.15, 0.2) is 85.2 Å². The topological polar surface area (TPSA) is 85.3 Å². The molecular formula is C29H33NO7. The van der Waals surface area contributed by atoms with Crippen molar-refractivity contribution in [1.82, 2.24) is 4.98 Å². The fourth-order valence-corrected chi connectivity index (χ4v) is 4.20. The number of hydrogen-bond acceptors (Lipinski definition) is 8. The number of ether oxygens (including phenoxy) is 6. The Hall–Kier alpha value is -3.14. The Labute approximate surface area is 217 Å². The molecule has 0 aliphatic carbocycles. The van der Waals surface area contributed by atoms with E-state index in [-0.39, 0.29) is 6.61 Å². The molecule has 196 valence electrons. The van der Waals surface area contributed by atoms with Crippen molar-refractivity contribution in [2.75, 3.05) is 20.3 Å². The molecule has 8 nitrogen and oxygen atoms in total. The van der Waals surface area contributed by atoms with E-state index in [1.54, 1.807) is 25.4 Å². The van der Waals surface area contributed by atoms with Crippen molar-refractivity contribution < 1.29 is 33.2 Å². The molecule has 0 saturated carbocycles. The number of rotatable bonds is 13.